The number of rotatable bonds is 7. The number of pyridine rings is 1. The summed E-state index contributed by atoms with van der Waals surface area (Å²) in [7, 11) is 0. The van der Waals surface area contributed by atoms with Crippen molar-refractivity contribution in [1.29, 1.82) is 0 Å². The Labute approximate surface area is 357 Å². The number of hydrogen-bond donors (Lipinski definition) is 1. The largest absolute Gasteiger partial charge is 0.517 e. The fraction of sp³-hybridized carbons (Fsp3) is 0.0943. The van der Waals surface area contributed by atoms with Crippen molar-refractivity contribution in [3.63, 3.8) is 0 Å². The standard InChI is InChI=1S/C53H38N3O2.Pt/c57-49-26-25-37(36-23-24-41-33-53(34-42(41)28-36)31-39-14-4-5-15-40(39)32-53)30-45(49)38-16-10-17-43(29-38)58-50-22-11-21-48-51(50)55-52(46-19-8-9-27-54-46)56(48)47-20-7-6-18-44(47)35-12-2-1-3-13-35;/h1-28,30,57H,31-34H2;/q-1;. The molecule has 7 aromatic carbocycles. The first-order valence-electron chi connectivity index (χ1n) is 19.9. The minimum absolute atomic E-state index is 0. The number of aromatic nitrogens is 3. The molecule has 59 heavy (non-hydrogen) atoms. The van der Waals surface area contributed by atoms with Gasteiger partial charge >= 0.3 is 0 Å². The van der Waals surface area contributed by atoms with Gasteiger partial charge in [-0.1, -0.05) is 127 Å². The van der Waals surface area contributed by atoms with Crippen molar-refractivity contribution < 1.29 is 30.9 Å². The van der Waals surface area contributed by atoms with Crippen LogP contribution in [0, 0.1) is 11.5 Å². The first-order chi connectivity index (χ1) is 28.6. The normalized spacial score (nSPS) is 13.6. The second kappa shape index (κ2) is 15.0. The molecule has 6 heteroatoms. The topological polar surface area (TPSA) is 60.2 Å². The number of imidazole rings is 1. The van der Waals surface area contributed by atoms with E-state index in [0.29, 0.717) is 28.4 Å². The second-order valence-corrected chi connectivity index (χ2v) is 15.7. The Morgan fingerprint density at radius 1 is 0.576 bits per heavy atom. The van der Waals surface area contributed by atoms with Gasteiger partial charge in [-0.05, 0) is 106 Å². The summed E-state index contributed by atoms with van der Waals surface area (Å²) in [5.41, 5.74) is 15.4. The van der Waals surface area contributed by atoms with E-state index in [-0.39, 0.29) is 32.2 Å². The molecule has 0 bridgehead atoms. The molecule has 0 unspecified atom stereocenters. The summed E-state index contributed by atoms with van der Waals surface area (Å²) in [4.78, 5) is 9.93. The molecule has 1 spiro atoms. The van der Waals surface area contributed by atoms with Gasteiger partial charge in [0.2, 0.25) is 0 Å². The van der Waals surface area contributed by atoms with Crippen molar-refractivity contribution in [2.45, 2.75) is 25.7 Å². The van der Waals surface area contributed by atoms with Gasteiger partial charge in [0, 0.05) is 38.6 Å². The summed E-state index contributed by atoms with van der Waals surface area (Å²) in [6.45, 7) is 0. The summed E-state index contributed by atoms with van der Waals surface area (Å²) in [5, 5.41) is 11.2. The minimum Gasteiger partial charge on any atom is -0.517 e. The fourth-order valence-corrected chi connectivity index (χ4v) is 9.35. The van der Waals surface area contributed by atoms with E-state index in [9.17, 15) is 5.11 Å². The van der Waals surface area contributed by atoms with E-state index in [4.69, 9.17) is 14.7 Å². The predicted molar refractivity (Wildman–Crippen MR) is 231 cm³/mol. The molecule has 5 nitrogen and oxygen atoms in total. The summed E-state index contributed by atoms with van der Waals surface area (Å²) in [5.74, 6) is 2.02. The zero-order valence-corrected chi connectivity index (χ0v) is 34.4. The molecule has 0 radical (unpaired) electrons. The first-order valence-corrected chi connectivity index (χ1v) is 19.9. The van der Waals surface area contributed by atoms with Gasteiger partial charge in [-0.15, -0.1) is 23.8 Å². The Balaban J connectivity index is 0.00000420. The Morgan fingerprint density at radius 3 is 2.08 bits per heavy atom. The molecule has 9 aromatic rings. The molecule has 0 saturated carbocycles. The number of phenols is 1. The first kappa shape index (κ1) is 36.8. The molecule has 2 aromatic heterocycles. The maximum Gasteiger partial charge on any atom is 0.164 e. The maximum absolute atomic E-state index is 11.2. The third kappa shape index (κ3) is 6.66. The third-order valence-electron chi connectivity index (χ3n) is 12.0. The Morgan fingerprint density at radius 2 is 1.27 bits per heavy atom. The van der Waals surface area contributed by atoms with Crippen LogP contribution < -0.4 is 4.74 Å². The molecule has 2 aliphatic carbocycles. The molecule has 2 heterocycles. The van der Waals surface area contributed by atoms with Crippen LogP contribution in [-0.4, -0.2) is 19.6 Å². The van der Waals surface area contributed by atoms with E-state index < -0.39 is 0 Å². The quantitative estimate of drug-likeness (QED) is 0.162. The van der Waals surface area contributed by atoms with E-state index in [0.717, 1.165) is 70.4 Å². The number of ether oxygens (including phenoxy) is 1. The monoisotopic (exact) mass is 943 g/mol. The second-order valence-electron chi connectivity index (χ2n) is 15.7. The Bertz CT molecular complexity index is 2990. The zero-order valence-electron chi connectivity index (χ0n) is 32.1. The van der Waals surface area contributed by atoms with Gasteiger partial charge in [0.1, 0.15) is 11.2 Å². The van der Waals surface area contributed by atoms with Crippen molar-refractivity contribution >= 4 is 11.0 Å². The predicted octanol–water partition coefficient (Wildman–Crippen LogP) is 12.3. The minimum atomic E-state index is 0. The van der Waals surface area contributed by atoms with Crippen LogP contribution in [0.5, 0.6) is 17.2 Å². The molecule has 11 rings (SSSR count). The number of phenolic OH excluding ortho intramolecular Hbond substituents is 1. The molecule has 0 aliphatic heterocycles. The van der Waals surface area contributed by atoms with Gasteiger partial charge in [0.15, 0.2) is 11.6 Å². The van der Waals surface area contributed by atoms with Gasteiger partial charge < -0.3 is 9.84 Å². The van der Waals surface area contributed by atoms with Crippen molar-refractivity contribution in [2.75, 3.05) is 0 Å². The molecule has 0 saturated heterocycles. The number of hydrogen-bond acceptors (Lipinski definition) is 4. The van der Waals surface area contributed by atoms with Crippen LogP contribution in [0.4, 0.5) is 0 Å². The molecule has 2 aliphatic rings. The molecular weight excluding hydrogens is 906 g/mol. The van der Waals surface area contributed by atoms with Crippen LogP contribution in [0.3, 0.4) is 0 Å². The van der Waals surface area contributed by atoms with Crippen molar-refractivity contribution in [2.24, 2.45) is 5.41 Å². The van der Waals surface area contributed by atoms with Gasteiger partial charge in [0.05, 0.1) is 17.0 Å². The van der Waals surface area contributed by atoms with E-state index in [2.05, 4.69) is 114 Å². The Hall–Kier alpha value is -6.55. The van der Waals surface area contributed by atoms with E-state index >= 15 is 0 Å². The summed E-state index contributed by atoms with van der Waals surface area (Å²) in [6.07, 6.45) is 6.30. The van der Waals surface area contributed by atoms with E-state index in [1.54, 1.807) is 12.3 Å². The molecular formula is C53H38N3O2Pt-. The van der Waals surface area contributed by atoms with Gasteiger partial charge in [-0.25, -0.2) is 4.98 Å². The fourth-order valence-electron chi connectivity index (χ4n) is 9.35. The van der Waals surface area contributed by atoms with Crippen LogP contribution in [0.15, 0.2) is 176 Å². The number of para-hydroxylation sites is 2. The summed E-state index contributed by atoms with van der Waals surface area (Å²) < 4.78 is 8.82. The molecule has 0 fully saturated rings. The molecule has 288 valence electrons. The average Bonchev–Trinajstić information content (AvgIpc) is 3.96. The maximum atomic E-state index is 11.2. The van der Waals surface area contributed by atoms with Crippen molar-refractivity contribution in [3.8, 4) is 67.8 Å². The van der Waals surface area contributed by atoms with Crippen LogP contribution in [-0.2, 0) is 46.7 Å². The number of benzene rings is 7. The van der Waals surface area contributed by atoms with Gasteiger partial charge in [-0.3, -0.25) is 9.55 Å². The van der Waals surface area contributed by atoms with Crippen LogP contribution in [0.2, 0.25) is 0 Å². The van der Waals surface area contributed by atoms with Gasteiger partial charge in [-0.2, -0.15) is 0 Å². The third-order valence-corrected chi connectivity index (χ3v) is 12.0. The average molecular weight is 944 g/mol. The van der Waals surface area contributed by atoms with Crippen molar-refractivity contribution in [1.82, 2.24) is 14.5 Å². The number of nitrogens with zero attached hydrogens (tertiary/aromatic N) is 3. The van der Waals surface area contributed by atoms with Crippen LogP contribution >= 0.6 is 0 Å². The molecule has 1 N–H and O–H groups in total. The van der Waals surface area contributed by atoms with Crippen LogP contribution in [0.25, 0.3) is 61.6 Å². The van der Waals surface area contributed by atoms with Gasteiger partial charge in [0.25, 0.3) is 0 Å². The van der Waals surface area contributed by atoms with E-state index in [1.165, 1.54) is 22.3 Å². The Kier molecular flexibility index (Phi) is 9.34. The molecule has 0 amide bonds. The summed E-state index contributed by atoms with van der Waals surface area (Å²) in [6, 6.07) is 61.6. The van der Waals surface area contributed by atoms with Crippen LogP contribution in [0.1, 0.15) is 22.3 Å². The SMILES string of the molecule is Oc1ccc(-c2ccc3c(c2)CC2(Cc4ccccc4C2)C3)cc1-c1[c-]c(Oc2cccc3c2nc(-c2ccccn2)n3-c2ccccc2-c2ccccc2)ccc1.[Pt]. The van der Waals surface area contributed by atoms with Crippen molar-refractivity contribution in [3.05, 3.63) is 204 Å². The number of aromatic hydroxyl groups is 1. The number of fused-ring (bicyclic) bond motifs is 3. The van der Waals surface area contributed by atoms with E-state index in [1.807, 2.05) is 60.7 Å². The smallest absolute Gasteiger partial charge is 0.164 e. The summed E-state index contributed by atoms with van der Waals surface area (Å²) >= 11 is 0. The molecule has 0 atom stereocenters. The zero-order chi connectivity index (χ0) is 38.6.